The fourth-order valence-corrected chi connectivity index (χ4v) is 2.57. The first-order valence-electron chi connectivity index (χ1n) is 6.08. The second-order valence-electron chi connectivity index (χ2n) is 4.51. The Morgan fingerprint density at radius 2 is 2.09 bits per heavy atom. The standard InChI is InChI=1S/C12H11N5O4S/c1-21-9-5-7(22(2,19)20)3-4-8(9)17-6-13-10-11(16-17)15-12(18)14-10/h3-6H,1-2H3,(H,15,16,18). The van der Waals surface area contributed by atoms with E-state index in [1.54, 1.807) is 6.07 Å². The van der Waals surface area contributed by atoms with Gasteiger partial charge in [0.2, 0.25) is 11.6 Å². The minimum atomic E-state index is -3.35. The fourth-order valence-electron chi connectivity index (χ4n) is 1.93. The smallest absolute Gasteiger partial charge is 0.348 e. The monoisotopic (exact) mass is 321 g/mol. The maximum absolute atomic E-state index is 11.6. The van der Waals surface area contributed by atoms with Crippen LogP contribution in [0.1, 0.15) is 0 Å². The van der Waals surface area contributed by atoms with E-state index < -0.39 is 15.5 Å². The second-order valence-corrected chi connectivity index (χ2v) is 6.52. The molecule has 0 aromatic heterocycles. The quantitative estimate of drug-likeness (QED) is 0.713. The van der Waals surface area contributed by atoms with Crippen LogP contribution in [0.2, 0.25) is 0 Å². The predicted octanol–water partition coefficient (Wildman–Crippen LogP) is -0.133. The van der Waals surface area contributed by atoms with Gasteiger partial charge >= 0.3 is 5.69 Å². The first-order valence-corrected chi connectivity index (χ1v) is 7.98. The molecule has 0 saturated carbocycles. The molecule has 0 spiro atoms. The zero-order valence-electron chi connectivity index (χ0n) is 11.6. The number of fused-ring (bicyclic) bond motifs is 1. The van der Waals surface area contributed by atoms with E-state index >= 15 is 0 Å². The van der Waals surface area contributed by atoms with E-state index in [1.807, 2.05) is 0 Å². The van der Waals surface area contributed by atoms with Crippen molar-refractivity contribution < 1.29 is 13.2 Å². The van der Waals surface area contributed by atoms with Gasteiger partial charge in [0.05, 0.1) is 12.0 Å². The molecule has 2 heterocycles. The minimum absolute atomic E-state index is 0.131. The number of ether oxygens (including phenoxy) is 1. The molecule has 0 unspecified atom stereocenters. The van der Waals surface area contributed by atoms with E-state index in [4.69, 9.17) is 4.74 Å². The van der Waals surface area contributed by atoms with Crippen LogP contribution < -0.4 is 10.4 Å². The maximum atomic E-state index is 11.6. The average molecular weight is 321 g/mol. The Morgan fingerprint density at radius 3 is 2.77 bits per heavy atom. The van der Waals surface area contributed by atoms with Crippen LogP contribution in [0, 0.1) is 0 Å². The molecule has 0 fully saturated rings. The number of hydrogen-bond acceptors (Lipinski definition) is 7. The maximum Gasteiger partial charge on any atom is 0.348 e. The lowest BCUT2D eigenvalue weighted by molar-refractivity contribution is 0.410. The van der Waals surface area contributed by atoms with E-state index in [-0.39, 0.29) is 16.5 Å². The molecule has 0 aliphatic carbocycles. The number of aromatic nitrogens is 5. The Hall–Kier alpha value is -2.75. The molecule has 114 valence electrons. The fraction of sp³-hybridized carbons (Fsp3) is 0.167. The van der Waals surface area contributed by atoms with Crippen LogP contribution in [-0.4, -0.2) is 46.5 Å². The molecular formula is C12H11N5O4S. The van der Waals surface area contributed by atoms with Crippen molar-refractivity contribution in [3.8, 4) is 23.1 Å². The molecule has 3 rings (SSSR count). The largest absolute Gasteiger partial charge is 0.494 e. The highest BCUT2D eigenvalue weighted by Gasteiger charge is 2.16. The highest BCUT2D eigenvalue weighted by molar-refractivity contribution is 7.90. The number of imidazole rings is 1. The van der Waals surface area contributed by atoms with Crippen molar-refractivity contribution in [1.82, 2.24) is 24.7 Å². The molecule has 0 bridgehead atoms. The van der Waals surface area contributed by atoms with Crippen molar-refractivity contribution in [3.05, 3.63) is 35.0 Å². The van der Waals surface area contributed by atoms with Crippen LogP contribution in [0.3, 0.4) is 0 Å². The summed E-state index contributed by atoms with van der Waals surface area (Å²) in [6.45, 7) is 0. The molecule has 0 saturated heterocycles. The molecule has 1 aromatic carbocycles. The van der Waals surface area contributed by atoms with Crippen LogP contribution in [0.25, 0.3) is 17.3 Å². The van der Waals surface area contributed by atoms with Crippen molar-refractivity contribution in [3.63, 3.8) is 0 Å². The molecule has 1 aromatic rings. The van der Waals surface area contributed by atoms with Gasteiger partial charge in [-0.2, -0.15) is 4.98 Å². The lowest BCUT2D eigenvalue weighted by atomic mass is 10.3. The second kappa shape index (κ2) is 4.91. The molecule has 1 N–H and O–H groups in total. The van der Waals surface area contributed by atoms with Crippen LogP contribution in [-0.2, 0) is 9.84 Å². The van der Waals surface area contributed by atoms with Crippen molar-refractivity contribution in [2.75, 3.05) is 13.4 Å². The number of methoxy groups -OCH3 is 1. The van der Waals surface area contributed by atoms with E-state index in [1.165, 1.54) is 30.3 Å². The van der Waals surface area contributed by atoms with Gasteiger partial charge in [0.1, 0.15) is 17.8 Å². The molecule has 2 aliphatic rings. The molecular weight excluding hydrogens is 310 g/mol. The minimum Gasteiger partial charge on any atom is -0.494 e. The molecule has 9 nitrogen and oxygen atoms in total. The van der Waals surface area contributed by atoms with Gasteiger partial charge in [-0.25, -0.2) is 22.9 Å². The van der Waals surface area contributed by atoms with Gasteiger partial charge in [-0.05, 0) is 12.1 Å². The summed E-state index contributed by atoms with van der Waals surface area (Å²) >= 11 is 0. The van der Waals surface area contributed by atoms with Crippen LogP contribution in [0.4, 0.5) is 0 Å². The normalized spacial score (nSPS) is 11.7. The van der Waals surface area contributed by atoms with Gasteiger partial charge in [-0.1, -0.05) is 0 Å². The van der Waals surface area contributed by atoms with Gasteiger partial charge in [0.15, 0.2) is 9.84 Å². The predicted molar refractivity (Wildman–Crippen MR) is 76.1 cm³/mol. The molecule has 10 heteroatoms. The number of rotatable bonds is 3. The molecule has 0 radical (unpaired) electrons. The Balaban J connectivity index is 2.18. The third-order valence-corrected chi connectivity index (χ3v) is 4.08. The lowest BCUT2D eigenvalue weighted by Gasteiger charge is -2.12. The van der Waals surface area contributed by atoms with E-state index in [0.717, 1.165) is 6.26 Å². The first kappa shape index (κ1) is 14.2. The lowest BCUT2D eigenvalue weighted by Crippen LogP contribution is -2.08. The van der Waals surface area contributed by atoms with Crippen molar-refractivity contribution >= 4 is 9.84 Å². The summed E-state index contributed by atoms with van der Waals surface area (Å²) in [6, 6.07) is 4.39. The highest BCUT2D eigenvalue weighted by atomic mass is 32.2. The third kappa shape index (κ3) is 2.44. The molecule has 0 atom stereocenters. The van der Waals surface area contributed by atoms with Crippen LogP contribution in [0.5, 0.6) is 5.75 Å². The topological polar surface area (TPSA) is 120 Å². The molecule has 0 amide bonds. The summed E-state index contributed by atoms with van der Waals surface area (Å²) in [4.78, 5) is 21.4. The number of nitrogens with one attached hydrogen (secondary N) is 1. The van der Waals surface area contributed by atoms with E-state index in [9.17, 15) is 13.2 Å². The number of nitrogens with zero attached hydrogens (tertiary/aromatic N) is 4. The summed E-state index contributed by atoms with van der Waals surface area (Å²) < 4.78 is 29.8. The SMILES string of the molecule is COc1cc(S(C)(=O)=O)ccc1-n1cnc2nc(=O)[nH]c-2n1. The zero-order chi connectivity index (χ0) is 15.9. The number of sulfone groups is 1. The molecule has 22 heavy (non-hydrogen) atoms. The number of hydrogen-bond donors (Lipinski definition) is 1. The highest BCUT2D eigenvalue weighted by Crippen LogP contribution is 2.26. The van der Waals surface area contributed by atoms with Gasteiger partial charge in [0.25, 0.3) is 0 Å². The molecule has 2 aliphatic heterocycles. The van der Waals surface area contributed by atoms with Crippen LogP contribution in [0.15, 0.2) is 34.2 Å². The third-order valence-electron chi connectivity index (χ3n) is 2.97. The summed E-state index contributed by atoms with van der Waals surface area (Å²) in [7, 11) is -1.93. The summed E-state index contributed by atoms with van der Waals surface area (Å²) in [5.41, 5.74) is -0.0570. The summed E-state index contributed by atoms with van der Waals surface area (Å²) in [5, 5.41) is 4.17. The Kier molecular flexibility index (Phi) is 3.17. The summed E-state index contributed by atoms with van der Waals surface area (Å²) in [5.74, 6) is 0.734. The number of aromatic amines is 1. The van der Waals surface area contributed by atoms with Crippen LogP contribution >= 0.6 is 0 Å². The van der Waals surface area contributed by atoms with Gasteiger partial charge in [0, 0.05) is 12.3 Å². The van der Waals surface area contributed by atoms with Crippen molar-refractivity contribution in [2.24, 2.45) is 0 Å². The Morgan fingerprint density at radius 1 is 1.32 bits per heavy atom. The zero-order valence-corrected chi connectivity index (χ0v) is 12.5. The Labute approximate surface area is 124 Å². The van der Waals surface area contributed by atoms with Crippen molar-refractivity contribution in [2.45, 2.75) is 4.90 Å². The Bertz CT molecular complexity index is 975. The summed E-state index contributed by atoms with van der Waals surface area (Å²) in [6.07, 6.45) is 2.47. The number of benzene rings is 1. The van der Waals surface area contributed by atoms with Gasteiger partial charge in [-0.15, -0.1) is 5.10 Å². The van der Waals surface area contributed by atoms with Gasteiger partial charge < -0.3 is 4.74 Å². The average Bonchev–Trinajstić information content (AvgIpc) is 2.84. The van der Waals surface area contributed by atoms with Crippen molar-refractivity contribution in [1.29, 1.82) is 0 Å². The van der Waals surface area contributed by atoms with E-state index in [0.29, 0.717) is 11.4 Å². The van der Waals surface area contributed by atoms with Gasteiger partial charge in [-0.3, -0.25) is 4.98 Å². The van der Waals surface area contributed by atoms with E-state index in [2.05, 4.69) is 20.1 Å². The number of H-pyrrole nitrogens is 1. The first-order chi connectivity index (χ1) is 10.4.